The lowest BCUT2D eigenvalue weighted by molar-refractivity contribution is -0.114. The topological polar surface area (TPSA) is 72.2 Å². The first-order valence-corrected chi connectivity index (χ1v) is 4.01. The third kappa shape index (κ3) is 2.75. The Morgan fingerprint density at radius 1 is 1.29 bits per heavy atom. The molecule has 0 aliphatic heterocycles. The number of para-hydroxylation sites is 1. The van der Waals surface area contributed by atoms with Gasteiger partial charge in [-0.05, 0) is 12.1 Å². The highest BCUT2D eigenvalue weighted by Crippen LogP contribution is 2.08. The van der Waals surface area contributed by atoms with Crippen LogP contribution in [-0.2, 0) is 9.59 Å². The maximum absolute atomic E-state index is 10.8. The molecule has 1 aromatic rings. The van der Waals surface area contributed by atoms with Crippen molar-refractivity contribution in [1.82, 2.24) is 0 Å². The van der Waals surface area contributed by atoms with E-state index in [-0.39, 0.29) is 5.70 Å². The highest BCUT2D eigenvalue weighted by molar-refractivity contribution is 5.98. The van der Waals surface area contributed by atoms with Gasteiger partial charge < -0.3 is 11.1 Å². The molecular formula is C10H10N2O2. The van der Waals surface area contributed by atoms with Gasteiger partial charge in [-0.25, -0.2) is 0 Å². The second-order valence-electron chi connectivity index (χ2n) is 2.57. The van der Waals surface area contributed by atoms with Crippen LogP contribution in [0.4, 0.5) is 5.69 Å². The number of benzene rings is 1. The van der Waals surface area contributed by atoms with Gasteiger partial charge in [0.2, 0.25) is 0 Å². The fraction of sp³-hybridized carbons (Fsp3) is 0. The Morgan fingerprint density at radius 3 is 2.43 bits per heavy atom. The number of primary amides is 1. The van der Waals surface area contributed by atoms with Gasteiger partial charge in [0.15, 0.2) is 0 Å². The van der Waals surface area contributed by atoms with E-state index in [9.17, 15) is 9.59 Å². The number of anilines is 1. The summed E-state index contributed by atoms with van der Waals surface area (Å²) < 4.78 is 0. The summed E-state index contributed by atoms with van der Waals surface area (Å²) in [6.07, 6.45) is 1.60. The molecular weight excluding hydrogens is 180 g/mol. The molecule has 0 aliphatic carbocycles. The van der Waals surface area contributed by atoms with Crippen LogP contribution < -0.4 is 11.1 Å². The third-order valence-corrected chi connectivity index (χ3v) is 1.55. The molecule has 1 aromatic carbocycles. The van der Waals surface area contributed by atoms with Gasteiger partial charge in [0.1, 0.15) is 12.0 Å². The Morgan fingerprint density at radius 2 is 1.93 bits per heavy atom. The molecule has 0 atom stereocenters. The fourth-order valence-corrected chi connectivity index (χ4v) is 0.930. The molecule has 0 heterocycles. The van der Waals surface area contributed by atoms with Gasteiger partial charge in [0.05, 0.1) is 0 Å². The summed E-state index contributed by atoms with van der Waals surface area (Å²) >= 11 is 0. The summed E-state index contributed by atoms with van der Waals surface area (Å²) in [5, 5.41) is 2.73. The molecule has 0 aliphatic rings. The Balaban J connectivity index is 2.80. The molecule has 0 bridgehead atoms. The predicted octanol–water partition coefficient (Wildman–Crippen LogP) is 0.667. The van der Waals surface area contributed by atoms with E-state index in [0.29, 0.717) is 12.0 Å². The quantitative estimate of drug-likeness (QED) is 0.541. The molecule has 0 saturated heterocycles. The molecule has 0 saturated carbocycles. The summed E-state index contributed by atoms with van der Waals surface area (Å²) in [6, 6.07) is 8.99. The van der Waals surface area contributed by atoms with Crippen LogP contribution in [0.1, 0.15) is 0 Å². The molecule has 0 spiro atoms. The number of carbonyl (C=O) groups excluding carboxylic acids is 2. The Hall–Kier alpha value is -2.10. The van der Waals surface area contributed by atoms with Gasteiger partial charge >= 0.3 is 0 Å². The average Bonchev–Trinajstić information content (AvgIpc) is 2.18. The molecule has 14 heavy (non-hydrogen) atoms. The van der Waals surface area contributed by atoms with E-state index in [0.717, 1.165) is 6.08 Å². The van der Waals surface area contributed by atoms with Crippen molar-refractivity contribution in [2.75, 3.05) is 5.32 Å². The summed E-state index contributed by atoms with van der Waals surface area (Å²) in [7, 11) is 0. The van der Waals surface area contributed by atoms with Crippen molar-refractivity contribution in [2.45, 2.75) is 0 Å². The van der Waals surface area contributed by atoms with Crippen molar-refractivity contribution in [3.8, 4) is 0 Å². The molecule has 0 aromatic heterocycles. The summed E-state index contributed by atoms with van der Waals surface area (Å²) in [4.78, 5) is 21.0. The van der Waals surface area contributed by atoms with Gasteiger partial charge in [0, 0.05) is 11.8 Å². The van der Waals surface area contributed by atoms with Crippen LogP contribution in [-0.4, -0.2) is 12.2 Å². The third-order valence-electron chi connectivity index (χ3n) is 1.55. The number of hydrogen-bond donors (Lipinski definition) is 2. The minimum atomic E-state index is -0.666. The Bertz CT molecular complexity index is 358. The molecule has 4 heteroatoms. The van der Waals surface area contributed by atoms with E-state index in [2.05, 4.69) is 5.32 Å². The highest BCUT2D eigenvalue weighted by Gasteiger charge is 2.03. The SMILES string of the molecule is NC(=O)C(=CC=O)Nc1ccccc1. The van der Waals surface area contributed by atoms with Crippen LogP contribution >= 0.6 is 0 Å². The first kappa shape index (κ1) is 9.98. The van der Waals surface area contributed by atoms with Crippen molar-refractivity contribution < 1.29 is 9.59 Å². The van der Waals surface area contributed by atoms with Crippen LogP contribution in [0.15, 0.2) is 42.1 Å². The molecule has 3 N–H and O–H groups in total. The maximum atomic E-state index is 10.8. The molecule has 1 rings (SSSR count). The van der Waals surface area contributed by atoms with Gasteiger partial charge in [-0.15, -0.1) is 0 Å². The molecule has 0 fully saturated rings. The fourth-order valence-electron chi connectivity index (χ4n) is 0.930. The van der Waals surface area contributed by atoms with Crippen molar-refractivity contribution in [1.29, 1.82) is 0 Å². The zero-order valence-electron chi connectivity index (χ0n) is 7.44. The number of nitrogens with one attached hydrogen (secondary N) is 1. The molecule has 0 radical (unpaired) electrons. The van der Waals surface area contributed by atoms with E-state index in [1.165, 1.54) is 0 Å². The lowest BCUT2D eigenvalue weighted by Gasteiger charge is -2.05. The lowest BCUT2D eigenvalue weighted by atomic mass is 10.3. The van der Waals surface area contributed by atoms with E-state index in [4.69, 9.17) is 5.73 Å². The largest absolute Gasteiger partial charge is 0.364 e. The predicted molar refractivity (Wildman–Crippen MR) is 53.4 cm³/mol. The van der Waals surface area contributed by atoms with Crippen molar-refractivity contribution in [3.05, 3.63) is 42.1 Å². The van der Waals surface area contributed by atoms with Crippen LogP contribution in [0.2, 0.25) is 0 Å². The van der Waals surface area contributed by atoms with E-state index in [1.54, 1.807) is 12.1 Å². The number of rotatable bonds is 4. The summed E-state index contributed by atoms with van der Waals surface area (Å²) in [6.45, 7) is 0. The number of allylic oxidation sites excluding steroid dienone is 1. The lowest BCUT2D eigenvalue weighted by Crippen LogP contribution is -2.20. The summed E-state index contributed by atoms with van der Waals surface area (Å²) in [5.74, 6) is -0.666. The first-order chi connectivity index (χ1) is 6.74. The number of amides is 1. The van der Waals surface area contributed by atoms with Crippen molar-refractivity contribution >= 4 is 17.9 Å². The molecule has 0 unspecified atom stereocenters. The van der Waals surface area contributed by atoms with E-state index < -0.39 is 5.91 Å². The minimum Gasteiger partial charge on any atom is -0.364 e. The van der Waals surface area contributed by atoms with Crippen LogP contribution in [0.3, 0.4) is 0 Å². The smallest absolute Gasteiger partial charge is 0.265 e. The number of nitrogens with two attached hydrogens (primary N) is 1. The van der Waals surface area contributed by atoms with Gasteiger partial charge in [0.25, 0.3) is 5.91 Å². The molecule has 72 valence electrons. The molecule has 4 nitrogen and oxygen atoms in total. The first-order valence-electron chi connectivity index (χ1n) is 4.01. The second-order valence-corrected chi connectivity index (χ2v) is 2.57. The minimum absolute atomic E-state index is 0.0752. The number of hydrogen-bond acceptors (Lipinski definition) is 3. The van der Waals surface area contributed by atoms with Crippen LogP contribution in [0.25, 0.3) is 0 Å². The van der Waals surface area contributed by atoms with E-state index in [1.807, 2.05) is 18.2 Å². The van der Waals surface area contributed by atoms with E-state index >= 15 is 0 Å². The zero-order valence-corrected chi connectivity index (χ0v) is 7.44. The van der Waals surface area contributed by atoms with Crippen molar-refractivity contribution in [2.24, 2.45) is 5.73 Å². The number of carbonyl (C=O) groups is 2. The molecule has 1 amide bonds. The monoisotopic (exact) mass is 190 g/mol. The Labute approximate surface area is 81.4 Å². The zero-order chi connectivity index (χ0) is 10.4. The standard InChI is InChI=1S/C10H10N2O2/c11-10(14)9(6-7-13)12-8-4-2-1-3-5-8/h1-7,12H,(H2,11,14). The number of aldehydes is 1. The normalized spacial score (nSPS) is 10.7. The van der Waals surface area contributed by atoms with Crippen LogP contribution in [0.5, 0.6) is 0 Å². The van der Waals surface area contributed by atoms with Gasteiger partial charge in [-0.3, -0.25) is 9.59 Å². The Kier molecular flexibility index (Phi) is 3.43. The van der Waals surface area contributed by atoms with Gasteiger partial charge in [-0.1, -0.05) is 18.2 Å². The van der Waals surface area contributed by atoms with Gasteiger partial charge in [-0.2, -0.15) is 0 Å². The maximum Gasteiger partial charge on any atom is 0.265 e. The highest BCUT2D eigenvalue weighted by atomic mass is 16.1. The second kappa shape index (κ2) is 4.81. The summed E-state index contributed by atoms with van der Waals surface area (Å²) in [5.41, 5.74) is 5.82. The average molecular weight is 190 g/mol. The van der Waals surface area contributed by atoms with Crippen molar-refractivity contribution in [3.63, 3.8) is 0 Å². The van der Waals surface area contributed by atoms with Crippen LogP contribution in [0, 0.1) is 0 Å².